The van der Waals surface area contributed by atoms with Crippen LogP contribution in [0.25, 0.3) is 10.9 Å². The van der Waals surface area contributed by atoms with Gasteiger partial charge in [-0.25, -0.2) is 0 Å². The van der Waals surface area contributed by atoms with Crippen LogP contribution in [-0.2, 0) is 4.79 Å². The van der Waals surface area contributed by atoms with Crippen molar-refractivity contribution in [2.24, 2.45) is 0 Å². The van der Waals surface area contributed by atoms with Gasteiger partial charge in [0.1, 0.15) is 17.5 Å². The average Bonchev–Trinajstić information content (AvgIpc) is 3.17. The number of nitrogens with one attached hydrogen (secondary N) is 3. The van der Waals surface area contributed by atoms with Gasteiger partial charge in [-0.15, -0.1) is 0 Å². The zero-order valence-electron chi connectivity index (χ0n) is 17.0. The zero-order chi connectivity index (χ0) is 21.8. The lowest BCUT2D eigenvalue weighted by atomic mass is 10.2. The lowest BCUT2D eigenvalue weighted by Crippen LogP contribution is -2.41. The molecule has 0 aliphatic heterocycles. The summed E-state index contributed by atoms with van der Waals surface area (Å²) in [6.07, 6.45) is 0. The SMILES string of the molecule is COc1ccc(NC(=O)[C@H](C)NC(=O)c2cc3c(OC)c(OC)ccc3[nH]2)cc1Cl. The predicted octanol–water partition coefficient (Wildman–Crippen LogP) is 3.60. The molecule has 30 heavy (non-hydrogen) atoms. The van der Waals surface area contributed by atoms with E-state index < -0.39 is 11.9 Å². The second-order valence-corrected chi connectivity index (χ2v) is 6.89. The molecule has 3 aromatic rings. The Morgan fingerprint density at radius 3 is 2.33 bits per heavy atom. The summed E-state index contributed by atoms with van der Waals surface area (Å²) in [6, 6.07) is 9.28. The third kappa shape index (κ3) is 4.28. The molecule has 2 aromatic carbocycles. The summed E-state index contributed by atoms with van der Waals surface area (Å²) in [4.78, 5) is 28.1. The molecule has 0 saturated heterocycles. The molecule has 3 N–H and O–H groups in total. The minimum Gasteiger partial charge on any atom is -0.495 e. The van der Waals surface area contributed by atoms with E-state index in [4.69, 9.17) is 25.8 Å². The first-order valence-electron chi connectivity index (χ1n) is 9.07. The van der Waals surface area contributed by atoms with Crippen molar-refractivity contribution in [1.82, 2.24) is 10.3 Å². The van der Waals surface area contributed by atoms with Crippen LogP contribution in [0.5, 0.6) is 17.2 Å². The molecule has 1 aromatic heterocycles. The van der Waals surface area contributed by atoms with Crippen LogP contribution in [0.1, 0.15) is 17.4 Å². The Kier molecular flexibility index (Phi) is 6.37. The highest BCUT2D eigenvalue weighted by molar-refractivity contribution is 6.32. The van der Waals surface area contributed by atoms with E-state index in [2.05, 4.69) is 15.6 Å². The maximum absolute atomic E-state index is 12.6. The Hall–Kier alpha value is -3.39. The number of anilines is 1. The van der Waals surface area contributed by atoms with Crippen LogP contribution < -0.4 is 24.8 Å². The van der Waals surface area contributed by atoms with Crippen molar-refractivity contribution < 1.29 is 23.8 Å². The number of halogens is 1. The second kappa shape index (κ2) is 8.96. The van der Waals surface area contributed by atoms with E-state index in [0.717, 1.165) is 0 Å². The first-order chi connectivity index (χ1) is 14.4. The maximum atomic E-state index is 12.6. The van der Waals surface area contributed by atoms with Crippen LogP contribution >= 0.6 is 11.6 Å². The quantitative estimate of drug-likeness (QED) is 0.530. The fraction of sp³-hybridized carbons (Fsp3) is 0.238. The Morgan fingerprint density at radius 1 is 1.00 bits per heavy atom. The molecule has 0 spiro atoms. The molecule has 0 bridgehead atoms. The van der Waals surface area contributed by atoms with Crippen molar-refractivity contribution in [2.45, 2.75) is 13.0 Å². The van der Waals surface area contributed by atoms with Crippen molar-refractivity contribution >= 4 is 40.0 Å². The van der Waals surface area contributed by atoms with E-state index >= 15 is 0 Å². The van der Waals surface area contributed by atoms with Crippen LogP contribution in [0.3, 0.4) is 0 Å². The number of hydrogen-bond donors (Lipinski definition) is 3. The molecule has 158 valence electrons. The number of aromatic amines is 1. The third-order valence-electron chi connectivity index (χ3n) is 4.55. The molecular formula is C21H22ClN3O5. The molecule has 0 saturated carbocycles. The van der Waals surface area contributed by atoms with E-state index in [9.17, 15) is 9.59 Å². The molecule has 0 fully saturated rings. The fourth-order valence-electron chi connectivity index (χ4n) is 2.99. The number of ether oxygens (including phenoxy) is 3. The highest BCUT2D eigenvalue weighted by Crippen LogP contribution is 2.35. The van der Waals surface area contributed by atoms with Gasteiger partial charge in [-0.1, -0.05) is 11.6 Å². The maximum Gasteiger partial charge on any atom is 0.268 e. The summed E-state index contributed by atoms with van der Waals surface area (Å²) in [5, 5.41) is 6.45. The van der Waals surface area contributed by atoms with Gasteiger partial charge in [0.25, 0.3) is 5.91 Å². The highest BCUT2D eigenvalue weighted by atomic mass is 35.5. The number of fused-ring (bicyclic) bond motifs is 1. The van der Waals surface area contributed by atoms with Crippen molar-refractivity contribution in [1.29, 1.82) is 0 Å². The Bertz CT molecular complexity index is 1100. The number of methoxy groups -OCH3 is 3. The molecule has 0 aliphatic rings. The molecule has 0 unspecified atom stereocenters. The van der Waals surface area contributed by atoms with E-state index in [1.165, 1.54) is 14.2 Å². The summed E-state index contributed by atoms with van der Waals surface area (Å²) in [5.41, 5.74) is 1.50. The summed E-state index contributed by atoms with van der Waals surface area (Å²) in [5.74, 6) is 0.763. The monoisotopic (exact) mass is 431 g/mol. The standard InChI is InChI=1S/C21H22ClN3O5/c1-11(20(26)24-12-5-7-17(28-2)14(22)9-12)23-21(27)16-10-13-15(25-16)6-8-18(29-3)19(13)30-4/h5-11,25H,1-4H3,(H,23,27)(H,24,26)/t11-/m0/s1. The van der Waals surface area contributed by atoms with Crippen LogP contribution in [0.15, 0.2) is 36.4 Å². The zero-order valence-corrected chi connectivity index (χ0v) is 17.7. The molecule has 0 aliphatic carbocycles. The minimum atomic E-state index is -0.791. The fourth-order valence-corrected chi connectivity index (χ4v) is 3.24. The lowest BCUT2D eigenvalue weighted by Gasteiger charge is -2.14. The van der Waals surface area contributed by atoms with Crippen LogP contribution in [0.2, 0.25) is 5.02 Å². The van der Waals surface area contributed by atoms with Gasteiger partial charge in [-0.3, -0.25) is 9.59 Å². The van der Waals surface area contributed by atoms with Crippen molar-refractivity contribution in [2.75, 3.05) is 26.6 Å². The number of benzene rings is 2. The largest absolute Gasteiger partial charge is 0.495 e. The number of amides is 2. The van der Waals surface area contributed by atoms with Gasteiger partial charge in [0.2, 0.25) is 5.91 Å². The molecule has 1 atom stereocenters. The van der Waals surface area contributed by atoms with Crippen molar-refractivity contribution in [3.63, 3.8) is 0 Å². The van der Waals surface area contributed by atoms with Gasteiger partial charge >= 0.3 is 0 Å². The number of rotatable bonds is 7. The first kappa shape index (κ1) is 21.3. The molecule has 8 nitrogen and oxygen atoms in total. The van der Waals surface area contributed by atoms with E-state index in [0.29, 0.717) is 44.6 Å². The topological polar surface area (TPSA) is 102 Å². The molecule has 2 amide bonds. The Labute approximate surface area is 178 Å². The summed E-state index contributed by atoms with van der Waals surface area (Å²) in [7, 11) is 4.58. The highest BCUT2D eigenvalue weighted by Gasteiger charge is 2.20. The number of carbonyl (C=O) groups excluding carboxylic acids is 2. The van der Waals surface area contributed by atoms with Crippen LogP contribution in [-0.4, -0.2) is 44.2 Å². The molecule has 0 radical (unpaired) electrons. The molecular weight excluding hydrogens is 410 g/mol. The summed E-state index contributed by atoms with van der Waals surface area (Å²) >= 11 is 6.07. The lowest BCUT2D eigenvalue weighted by molar-refractivity contribution is -0.117. The normalized spacial score (nSPS) is 11.6. The predicted molar refractivity (Wildman–Crippen MR) is 115 cm³/mol. The average molecular weight is 432 g/mol. The summed E-state index contributed by atoms with van der Waals surface area (Å²) in [6.45, 7) is 1.59. The van der Waals surface area contributed by atoms with Crippen LogP contribution in [0.4, 0.5) is 5.69 Å². The molecule has 3 rings (SSSR count). The van der Waals surface area contributed by atoms with Crippen molar-refractivity contribution in [3.8, 4) is 17.2 Å². The van der Waals surface area contributed by atoms with Gasteiger partial charge in [0.15, 0.2) is 11.5 Å². The smallest absolute Gasteiger partial charge is 0.268 e. The van der Waals surface area contributed by atoms with Crippen LogP contribution in [0, 0.1) is 0 Å². The van der Waals surface area contributed by atoms with Gasteiger partial charge in [-0.2, -0.15) is 0 Å². The van der Waals surface area contributed by atoms with Crippen molar-refractivity contribution in [3.05, 3.63) is 47.1 Å². The minimum absolute atomic E-state index is 0.295. The summed E-state index contributed by atoms with van der Waals surface area (Å²) < 4.78 is 15.8. The van der Waals surface area contributed by atoms with E-state index in [1.807, 2.05) is 0 Å². The Morgan fingerprint density at radius 2 is 1.70 bits per heavy atom. The number of carbonyl (C=O) groups is 2. The number of H-pyrrole nitrogens is 1. The van der Waals surface area contributed by atoms with Gasteiger partial charge in [0.05, 0.1) is 31.9 Å². The van der Waals surface area contributed by atoms with E-state index in [-0.39, 0.29) is 5.91 Å². The van der Waals surface area contributed by atoms with E-state index in [1.54, 1.807) is 50.4 Å². The number of hydrogen-bond acceptors (Lipinski definition) is 5. The third-order valence-corrected chi connectivity index (χ3v) is 4.84. The Balaban J connectivity index is 1.72. The molecule has 9 heteroatoms. The van der Waals surface area contributed by atoms with Gasteiger partial charge in [0, 0.05) is 11.1 Å². The number of aromatic nitrogens is 1. The van der Waals surface area contributed by atoms with Gasteiger partial charge in [-0.05, 0) is 43.3 Å². The molecule has 1 heterocycles. The second-order valence-electron chi connectivity index (χ2n) is 6.48. The van der Waals surface area contributed by atoms with Gasteiger partial charge < -0.3 is 29.8 Å². The first-order valence-corrected chi connectivity index (χ1v) is 9.44.